The van der Waals surface area contributed by atoms with Gasteiger partial charge in [0.25, 0.3) is 5.56 Å². The zero-order chi connectivity index (χ0) is 17.0. The number of aromatic amines is 1. The van der Waals surface area contributed by atoms with Crippen molar-refractivity contribution >= 4 is 23.4 Å². The van der Waals surface area contributed by atoms with E-state index in [1.807, 2.05) is 32.0 Å². The second-order valence-electron chi connectivity index (χ2n) is 5.11. The van der Waals surface area contributed by atoms with Gasteiger partial charge in [-0.15, -0.1) is 0 Å². The number of carbonyl (C=O) groups excluding carboxylic acids is 1. The van der Waals surface area contributed by atoms with E-state index in [1.54, 1.807) is 6.92 Å². The van der Waals surface area contributed by atoms with E-state index in [9.17, 15) is 9.59 Å². The summed E-state index contributed by atoms with van der Waals surface area (Å²) < 4.78 is 4.96. The number of aromatic nitrogens is 2. The first-order valence-electron chi connectivity index (χ1n) is 7.10. The molecule has 0 unspecified atom stereocenters. The smallest absolute Gasteiger partial charge is 0.255 e. The van der Waals surface area contributed by atoms with Crippen molar-refractivity contribution in [1.29, 1.82) is 0 Å². The first kappa shape index (κ1) is 17.1. The lowest BCUT2D eigenvalue weighted by atomic mass is 10.1. The largest absolute Gasteiger partial charge is 0.481 e. The van der Waals surface area contributed by atoms with Gasteiger partial charge in [0.05, 0.1) is 18.4 Å². The van der Waals surface area contributed by atoms with Gasteiger partial charge in [-0.2, -0.15) is 4.98 Å². The van der Waals surface area contributed by atoms with E-state index in [2.05, 4.69) is 15.3 Å². The van der Waals surface area contributed by atoms with Gasteiger partial charge in [-0.3, -0.25) is 9.59 Å². The zero-order valence-electron chi connectivity index (χ0n) is 13.5. The van der Waals surface area contributed by atoms with Crippen LogP contribution in [0.1, 0.15) is 18.1 Å². The van der Waals surface area contributed by atoms with Gasteiger partial charge in [0.1, 0.15) is 0 Å². The molecule has 0 bridgehead atoms. The molecule has 1 heterocycles. The molecule has 1 aromatic heterocycles. The number of hydrogen-bond donors (Lipinski definition) is 2. The third-order valence-corrected chi connectivity index (χ3v) is 4.28. The Bertz CT molecular complexity index is 753. The van der Waals surface area contributed by atoms with E-state index in [1.165, 1.54) is 24.9 Å². The summed E-state index contributed by atoms with van der Waals surface area (Å²) in [7, 11) is 1.44. The van der Waals surface area contributed by atoms with E-state index in [4.69, 9.17) is 4.74 Å². The number of hydrogen-bond acceptors (Lipinski definition) is 5. The second-order valence-corrected chi connectivity index (χ2v) is 6.44. The minimum absolute atomic E-state index is 0.155. The maximum Gasteiger partial charge on any atom is 0.255 e. The molecule has 1 amide bonds. The third kappa shape index (κ3) is 4.35. The van der Waals surface area contributed by atoms with Crippen LogP contribution in [-0.4, -0.2) is 28.2 Å². The maximum absolute atomic E-state index is 12.4. The van der Waals surface area contributed by atoms with Gasteiger partial charge < -0.3 is 15.0 Å². The lowest BCUT2D eigenvalue weighted by molar-refractivity contribution is -0.115. The van der Waals surface area contributed by atoms with Crippen LogP contribution in [0.5, 0.6) is 5.88 Å². The Kier molecular flexibility index (Phi) is 5.44. The van der Waals surface area contributed by atoms with E-state index in [0.717, 1.165) is 16.8 Å². The molecule has 0 aliphatic rings. The molecule has 0 spiro atoms. The topological polar surface area (TPSA) is 84.1 Å². The number of aryl methyl sites for hydroxylation is 2. The molecule has 7 heteroatoms. The molecule has 0 fully saturated rings. The van der Waals surface area contributed by atoms with Crippen molar-refractivity contribution in [2.45, 2.75) is 31.2 Å². The van der Waals surface area contributed by atoms with Crippen LogP contribution in [0, 0.1) is 13.8 Å². The van der Waals surface area contributed by atoms with E-state index in [0.29, 0.717) is 5.16 Å². The quantitative estimate of drug-likeness (QED) is 0.649. The van der Waals surface area contributed by atoms with Gasteiger partial charge in [-0.1, -0.05) is 30.0 Å². The molecule has 1 atom stereocenters. The van der Waals surface area contributed by atoms with Crippen molar-refractivity contribution in [2.75, 3.05) is 12.4 Å². The molecule has 2 N–H and O–H groups in total. The lowest BCUT2D eigenvalue weighted by Gasteiger charge is -2.15. The number of benzene rings is 1. The summed E-state index contributed by atoms with van der Waals surface area (Å²) in [6.07, 6.45) is 0. The predicted octanol–water partition coefficient (Wildman–Crippen LogP) is 2.51. The van der Waals surface area contributed by atoms with Gasteiger partial charge in [0.15, 0.2) is 5.16 Å². The standard InChI is InChI=1S/C16H19N3O3S/c1-9-6-5-7-10(2)14(9)19-15(21)11(3)23-16-17-12(20)8-13(18-16)22-4/h5-8,11H,1-4H3,(H,19,21)(H,17,18,20)/t11-/m0/s1. The zero-order valence-corrected chi connectivity index (χ0v) is 14.3. The van der Waals surface area contributed by atoms with Gasteiger partial charge >= 0.3 is 0 Å². The molecule has 0 radical (unpaired) electrons. The highest BCUT2D eigenvalue weighted by Crippen LogP contribution is 2.24. The van der Waals surface area contributed by atoms with Gasteiger partial charge in [0, 0.05) is 5.69 Å². The average molecular weight is 333 g/mol. The fraction of sp³-hybridized carbons (Fsp3) is 0.312. The molecule has 0 aliphatic carbocycles. The van der Waals surface area contributed by atoms with Crippen LogP contribution in [0.15, 0.2) is 34.2 Å². The Hall–Kier alpha value is -2.28. The van der Waals surface area contributed by atoms with Crippen LogP contribution >= 0.6 is 11.8 Å². The number of thioether (sulfide) groups is 1. The molecule has 2 rings (SSSR count). The highest BCUT2D eigenvalue weighted by atomic mass is 32.2. The predicted molar refractivity (Wildman–Crippen MR) is 91.3 cm³/mol. The number of rotatable bonds is 5. The summed E-state index contributed by atoms with van der Waals surface area (Å²) in [6.45, 7) is 5.65. The van der Waals surface area contributed by atoms with E-state index < -0.39 is 5.25 Å². The van der Waals surface area contributed by atoms with E-state index >= 15 is 0 Å². The van der Waals surface area contributed by atoms with Crippen molar-refractivity contribution in [3.05, 3.63) is 45.7 Å². The van der Waals surface area contributed by atoms with E-state index in [-0.39, 0.29) is 17.3 Å². The number of amides is 1. The molecule has 0 saturated carbocycles. The first-order valence-corrected chi connectivity index (χ1v) is 7.97. The number of para-hydroxylation sites is 1. The molecule has 0 aliphatic heterocycles. The molecular weight excluding hydrogens is 314 g/mol. The normalized spacial score (nSPS) is 11.8. The Morgan fingerprint density at radius 1 is 1.35 bits per heavy atom. The molecule has 0 saturated heterocycles. The Morgan fingerprint density at radius 2 is 2.00 bits per heavy atom. The first-order chi connectivity index (χ1) is 10.9. The van der Waals surface area contributed by atoms with Crippen molar-refractivity contribution < 1.29 is 9.53 Å². The Balaban J connectivity index is 2.11. The van der Waals surface area contributed by atoms with Crippen LogP contribution in [0.3, 0.4) is 0 Å². The Labute approximate surface area is 138 Å². The second kappa shape index (κ2) is 7.32. The fourth-order valence-electron chi connectivity index (χ4n) is 2.03. The van der Waals surface area contributed by atoms with Crippen LogP contribution in [0.4, 0.5) is 5.69 Å². The molecule has 122 valence electrons. The lowest BCUT2D eigenvalue weighted by Crippen LogP contribution is -2.24. The number of carbonyl (C=O) groups is 1. The van der Waals surface area contributed by atoms with Crippen LogP contribution < -0.4 is 15.6 Å². The SMILES string of the molecule is COc1cc(=O)[nH]c(S[C@@H](C)C(=O)Nc2c(C)cccc2C)n1. The highest BCUT2D eigenvalue weighted by Gasteiger charge is 2.18. The Morgan fingerprint density at radius 3 is 2.61 bits per heavy atom. The third-order valence-electron chi connectivity index (χ3n) is 3.29. The summed E-state index contributed by atoms with van der Waals surface area (Å²) >= 11 is 1.17. The summed E-state index contributed by atoms with van der Waals surface area (Å²) in [5.41, 5.74) is 2.51. The molecule has 23 heavy (non-hydrogen) atoms. The van der Waals surface area contributed by atoms with Gasteiger partial charge in [-0.25, -0.2) is 0 Å². The molecular formula is C16H19N3O3S. The van der Waals surface area contributed by atoms with Gasteiger partial charge in [-0.05, 0) is 31.9 Å². The average Bonchev–Trinajstić information content (AvgIpc) is 2.50. The van der Waals surface area contributed by atoms with Crippen molar-refractivity contribution in [2.24, 2.45) is 0 Å². The summed E-state index contributed by atoms with van der Waals surface area (Å²) in [5.74, 6) is 0.0662. The number of nitrogens with zero attached hydrogens (tertiary/aromatic N) is 1. The maximum atomic E-state index is 12.4. The van der Waals surface area contributed by atoms with Crippen LogP contribution in [0.2, 0.25) is 0 Å². The molecule has 1 aromatic carbocycles. The van der Waals surface area contributed by atoms with Crippen molar-refractivity contribution in [3.8, 4) is 5.88 Å². The molecule has 6 nitrogen and oxygen atoms in total. The fourth-order valence-corrected chi connectivity index (χ4v) is 2.83. The van der Waals surface area contributed by atoms with Crippen LogP contribution in [-0.2, 0) is 4.79 Å². The minimum Gasteiger partial charge on any atom is -0.481 e. The summed E-state index contributed by atoms with van der Waals surface area (Å²) in [5, 5.41) is 2.85. The number of H-pyrrole nitrogens is 1. The monoisotopic (exact) mass is 333 g/mol. The number of anilines is 1. The summed E-state index contributed by atoms with van der Waals surface area (Å²) in [6, 6.07) is 7.10. The van der Waals surface area contributed by atoms with Crippen molar-refractivity contribution in [3.63, 3.8) is 0 Å². The number of methoxy groups -OCH3 is 1. The number of nitrogens with one attached hydrogen (secondary N) is 2. The van der Waals surface area contributed by atoms with Crippen LogP contribution in [0.25, 0.3) is 0 Å². The summed E-state index contributed by atoms with van der Waals surface area (Å²) in [4.78, 5) is 30.6. The van der Waals surface area contributed by atoms with Gasteiger partial charge in [0.2, 0.25) is 11.8 Å². The number of ether oxygens (including phenoxy) is 1. The molecule has 2 aromatic rings. The highest BCUT2D eigenvalue weighted by molar-refractivity contribution is 8.00. The van der Waals surface area contributed by atoms with Crippen molar-refractivity contribution in [1.82, 2.24) is 9.97 Å². The minimum atomic E-state index is -0.427.